The number of hydrogen-bond acceptors (Lipinski definition) is 3. The maximum atomic E-state index is 11.9. The molecule has 0 bridgehead atoms. The van der Waals surface area contributed by atoms with Crippen LogP contribution in [-0.2, 0) is 4.79 Å². The third-order valence-corrected chi connectivity index (χ3v) is 2.90. The summed E-state index contributed by atoms with van der Waals surface area (Å²) in [5.41, 5.74) is 2.04. The van der Waals surface area contributed by atoms with Gasteiger partial charge in [-0.25, -0.2) is 0 Å². The summed E-state index contributed by atoms with van der Waals surface area (Å²) >= 11 is 0. The number of carbonyl (C=O) groups is 1. The molecule has 2 aromatic rings. The molecule has 5 heteroatoms. The maximum Gasteiger partial charge on any atom is 0.313 e. The zero-order valence-corrected chi connectivity index (χ0v) is 12.0. The highest BCUT2D eigenvalue weighted by Crippen LogP contribution is 2.17. The molecule has 5 nitrogen and oxygen atoms in total. The van der Waals surface area contributed by atoms with Crippen LogP contribution in [-0.4, -0.2) is 31.0 Å². The number of nitrogens with one attached hydrogen (secondary N) is 1. The molecule has 0 saturated carbocycles. The van der Waals surface area contributed by atoms with E-state index in [4.69, 9.17) is 0 Å². The van der Waals surface area contributed by atoms with E-state index in [1.54, 1.807) is 24.3 Å². The molecular weight excluding hydrogens is 266 g/mol. The zero-order valence-electron chi connectivity index (χ0n) is 12.0. The number of benzene rings is 2. The Morgan fingerprint density at radius 3 is 2.29 bits per heavy atom. The lowest BCUT2D eigenvalue weighted by Gasteiger charge is -2.12. The molecule has 2 aromatic carbocycles. The summed E-state index contributed by atoms with van der Waals surface area (Å²) in [6.45, 7) is 0. The van der Waals surface area contributed by atoms with Crippen molar-refractivity contribution in [3.8, 4) is 0 Å². The van der Waals surface area contributed by atoms with Gasteiger partial charge in [0, 0.05) is 37.6 Å². The quantitative estimate of drug-likeness (QED) is 0.406. The average Bonchev–Trinajstić information content (AvgIpc) is 2.48. The van der Waals surface area contributed by atoms with Crippen molar-refractivity contribution in [2.75, 3.05) is 24.3 Å². The molecule has 0 aliphatic carbocycles. The van der Waals surface area contributed by atoms with Gasteiger partial charge in [0.2, 0.25) is 11.9 Å². The van der Waals surface area contributed by atoms with E-state index in [9.17, 15) is 10.0 Å². The first-order chi connectivity index (χ1) is 10.1. The van der Waals surface area contributed by atoms with Crippen LogP contribution in [0.2, 0.25) is 0 Å². The van der Waals surface area contributed by atoms with Gasteiger partial charge >= 0.3 is 5.91 Å². The predicted octanol–water partition coefficient (Wildman–Crippen LogP) is 2.60. The minimum absolute atomic E-state index is 0.406. The van der Waals surface area contributed by atoms with E-state index in [1.165, 1.54) is 0 Å². The third-order valence-electron chi connectivity index (χ3n) is 2.90. The fourth-order valence-corrected chi connectivity index (χ4v) is 1.77. The van der Waals surface area contributed by atoms with E-state index in [-0.39, 0.29) is 0 Å². The number of anilines is 2. The highest BCUT2D eigenvalue weighted by atomic mass is 16.5. The first-order valence-electron chi connectivity index (χ1n) is 6.51. The van der Waals surface area contributed by atoms with Gasteiger partial charge in [-0.3, -0.25) is 4.79 Å². The monoisotopic (exact) mass is 283 g/mol. The third kappa shape index (κ3) is 4.07. The molecule has 0 saturated heterocycles. The molecule has 0 atom stereocenters. The van der Waals surface area contributed by atoms with Crippen LogP contribution in [0.25, 0.3) is 0 Å². The highest BCUT2D eigenvalue weighted by molar-refractivity contribution is 6.30. The topological polar surface area (TPSA) is 58.4 Å². The number of rotatable bonds is 4. The number of nitrogens with zero attached hydrogens (tertiary/aromatic N) is 2. The second-order valence-corrected chi connectivity index (χ2v) is 4.72. The Morgan fingerprint density at radius 1 is 1.10 bits per heavy atom. The Bertz CT molecular complexity index is 634. The van der Waals surface area contributed by atoms with Crippen LogP contribution in [0.15, 0.2) is 54.6 Å². The van der Waals surface area contributed by atoms with Crippen molar-refractivity contribution in [1.82, 2.24) is 0 Å². The molecule has 0 fully saturated rings. The Balaban J connectivity index is 2.07. The molecule has 0 unspecified atom stereocenters. The van der Waals surface area contributed by atoms with E-state index in [0.29, 0.717) is 16.1 Å². The summed E-state index contributed by atoms with van der Waals surface area (Å²) < 4.78 is 0.553. The SMILES string of the molecule is CN(C)c1ccc(/[N+]([O-])=C/C(=O)Nc2ccccc2)cc1. The zero-order chi connectivity index (χ0) is 15.2. The summed E-state index contributed by atoms with van der Waals surface area (Å²) in [6, 6.07) is 16.0. The molecule has 0 aliphatic rings. The van der Waals surface area contributed by atoms with Crippen molar-refractivity contribution in [3.05, 3.63) is 59.8 Å². The van der Waals surface area contributed by atoms with Gasteiger partial charge in [0.25, 0.3) is 0 Å². The minimum Gasteiger partial charge on any atom is -0.618 e. The number of amides is 1. The Morgan fingerprint density at radius 2 is 1.71 bits per heavy atom. The van der Waals surface area contributed by atoms with Crippen LogP contribution < -0.4 is 10.2 Å². The van der Waals surface area contributed by atoms with E-state index in [0.717, 1.165) is 11.9 Å². The van der Waals surface area contributed by atoms with Crippen molar-refractivity contribution >= 4 is 29.2 Å². The average molecular weight is 283 g/mol. The molecule has 0 heterocycles. The van der Waals surface area contributed by atoms with Crippen LogP contribution in [0, 0.1) is 5.21 Å². The molecule has 21 heavy (non-hydrogen) atoms. The van der Waals surface area contributed by atoms with Crippen LogP contribution in [0.3, 0.4) is 0 Å². The smallest absolute Gasteiger partial charge is 0.313 e. The van der Waals surface area contributed by atoms with Crippen LogP contribution in [0.1, 0.15) is 0 Å². The Kier molecular flexibility index (Phi) is 4.56. The van der Waals surface area contributed by atoms with Gasteiger partial charge in [-0.05, 0) is 24.3 Å². The lowest BCUT2D eigenvalue weighted by molar-refractivity contribution is -0.354. The molecule has 2 rings (SSSR count). The second-order valence-electron chi connectivity index (χ2n) is 4.72. The lowest BCUT2D eigenvalue weighted by atomic mass is 10.2. The summed E-state index contributed by atoms with van der Waals surface area (Å²) in [5.74, 6) is -0.465. The highest BCUT2D eigenvalue weighted by Gasteiger charge is 2.07. The molecule has 108 valence electrons. The predicted molar refractivity (Wildman–Crippen MR) is 85.2 cm³/mol. The molecule has 0 aromatic heterocycles. The van der Waals surface area contributed by atoms with Gasteiger partial charge in [-0.15, -0.1) is 0 Å². The van der Waals surface area contributed by atoms with Gasteiger partial charge in [-0.1, -0.05) is 18.2 Å². The van der Waals surface area contributed by atoms with Gasteiger partial charge in [-0.2, -0.15) is 4.74 Å². The fraction of sp³-hybridized carbons (Fsp3) is 0.125. The summed E-state index contributed by atoms with van der Waals surface area (Å²) in [6.07, 6.45) is 0.984. The summed E-state index contributed by atoms with van der Waals surface area (Å²) in [5, 5.41) is 14.5. The molecule has 1 amide bonds. The lowest BCUT2D eigenvalue weighted by Crippen LogP contribution is -2.17. The van der Waals surface area contributed by atoms with Gasteiger partial charge < -0.3 is 15.4 Å². The van der Waals surface area contributed by atoms with Crippen molar-refractivity contribution < 1.29 is 9.53 Å². The van der Waals surface area contributed by atoms with E-state index < -0.39 is 5.91 Å². The van der Waals surface area contributed by atoms with Gasteiger partial charge in [0.05, 0.1) is 0 Å². The van der Waals surface area contributed by atoms with Crippen molar-refractivity contribution in [1.29, 1.82) is 0 Å². The number of hydrogen-bond donors (Lipinski definition) is 1. The maximum absolute atomic E-state index is 11.9. The van der Waals surface area contributed by atoms with E-state index in [1.807, 2.05) is 49.3 Å². The van der Waals surface area contributed by atoms with Crippen molar-refractivity contribution in [2.45, 2.75) is 0 Å². The molecule has 0 radical (unpaired) electrons. The van der Waals surface area contributed by atoms with Gasteiger partial charge in [0.15, 0.2) is 0 Å². The standard InChI is InChI=1S/C16H17N3O2/c1-18(2)14-8-10-15(11-9-14)19(21)12-16(20)17-13-6-4-3-5-7-13/h3-12H,1-2H3,(H,17,20)/b19-12-. The van der Waals surface area contributed by atoms with Crippen LogP contribution >= 0.6 is 0 Å². The van der Waals surface area contributed by atoms with E-state index in [2.05, 4.69) is 5.32 Å². The normalized spacial score (nSPS) is 11.0. The Hall–Kier alpha value is -2.82. The van der Waals surface area contributed by atoms with Gasteiger partial charge in [0.1, 0.15) is 0 Å². The first-order valence-corrected chi connectivity index (χ1v) is 6.51. The largest absolute Gasteiger partial charge is 0.618 e. The van der Waals surface area contributed by atoms with Crippen LogP contribution in [0.5, 0.6) is 0 Å². The Labute approximate surface area is 123 Å². The van der Waals surface area contributed by atoms with Crippen molar-refractivity contribution in [2.24, 2.45) is 0 Å². The van der Waals surface area contributed by atoms with Crippen molar-refractivity contribution in [3.63, 3.8) is 0 Å². The number of para-hydroxylation sites is 1. The minimum atomic E-state index is -0.465. The molecular formula is C16H17N3O2. The van der Waals surface area contributed by atoms with E-state index >= 15 is 0 Å². The summed E-state index contributed by atoms with van der Waals surface area (Å²) in [7, 11) is 3.84. The molecule has 1 N–H and O–H groups in total. The molecule has 0 spiro atoms. The molecule has 0 aliphatic heterocycles. The van der Waals surface area contributed by atoms with Crippen LogP contribution in [0.4, 0.5) is 17.1 Å². The fourth-order valence-electron chi connectivity index (χ4n) is 1.77. The second kappa shape index (κ2) is 6.56. The first kappa shape index (κ1) is 14.6. The number of carbonyl (C=O) groups excluding carboxylic acids is 1. The summed E-state index contributed by atoms with van der Waals surface area (Å²) in [4.78, 5) is 13.7.